The van der Waals surface area contributed by atoms with E-state index in [1.807, 2.05) is 35.7 Å². The van der Waals surface area contributed by atoms with Crippen molar-refractivity contribution in [3.63, 3.8) is 0 Å². The Morgan fingerprint density at radius 1 is 1.03 bits per heavy atom. The average Bonchev–Trinajstić information content (AvgIpc) is 3.22. The first-order valence-corrected chi connectivity index (χ1v) is 12.4. The minimum atomic E-state index is -0.500. The maximum absolute atomic E-state index is 13.0. The molecule has 2 aromatic carbocycles. The van der Waals surface area contributed by atoms with Crippen molar-refractivity contribution in [1.29, 1.82) is 0 Å². The average molecular weight is 506 g/mol. The molecule has 0 aliphatic carbocycles. The van der Waals surface area contributed by atoms with Gasteiger partial charge in [0, 0.05) is 16.5 Å². The summed E-state index contributed by atoms with van der Waals surface area (Å²) in [6.45, 7) is 4.57. The van der Waals surface area contributed by atoms with Crippen LogP contribution in [0.25, 0.3) is 11.1 Å². The van der Waals surface area contributed by atoms with Crippen molar-refractivity contribution < 1.29 is 19.1 Å². The molecule has 0 spiro atoms. The zero-order valence-electron chi connectivity index (χ0n) is 18.5. The second-order valence-corrected chi connectivity index (χ2v) is 8.91. The van der Waals surface area contributed by atoms with Crippen LogP contribution in [-0.4, -0.2) is 25.1 Å². The highest BCUT2D eigenvalue weighted by Gasteiger charge is 2.24. The molecular formula is C25H25Cl2NO4S. The molecule has 3 rings (SSSR count). The molecule has 1 N–H and O–H groups in total. The van der Waals surface area contributed by atoms with Gasteiger partial charge in [-0.25, -0.2) is 4.79 Å². The van der Waals surface area contributed by atoms with Crippen molar-refractivity contribution >= 4 is 51.4 Å². The molecular weight excluding hydrogens is 481 g/mol. The molecule has 0 unspecified atom stereocenters. The fourth-order valence-corrected chi connectivity index (χ4v) is 4.77. The highest BCUT2D eigenvalue weighted by Crippen LogP contribution is 2.38. The van der Waals surface area contributed by atoms with Crippen LogP contribution < -0.4 is 10.1 Å². The number of hydrogen-bond donors (Lipinski definition) is 1. The third-order valence-electron chi connectivity index (χ3n) is 4.84. The molecule has 0 atom stereocenters. The fourth-order valence-electron chi connectivity index (χ4n) is 3.22. The smallest absolute Gasteiger partial charge is 0.341 e. The van der Waals surface area contributed by atoms with Gasteiger partial charge < -0.3 is 14.8 Å². The van der Waals surface area contributed by atoms with E-state index in [2.05, 4.69) is 12.2 Å². The molecule has 5 nitrogen and oxygen atoms in total. The van der Waals surface area contributed by atoms with E-state index in [1.54, 1.807) is 6.92 Å². The summed E-state index contributed by atoms with van der Waals surface area (Å²) in [6, 6.07) is 12.5. The zero-order chi connectivity index (χ0) is 23.8. The minimum Gasteiger partial charge on any atom is -0.490 e. The zero-order valence-corrected chi connectivity index (χ0v) is 20.8. The quantitative estimate of drug-likeness (QED) is 0.226. The summed E-state index contributed by atoms with van der Waals surface area (Å²) < 4.78 is 10.9. The molecule has 8 heteroatoms. The van der Waals surface area contributed by atoms with Crippen LogP contribution in [0.5, 0.6) is 5.75 Å². The Kier molecular flexibility index (Phi) is 9.18. The van der Waals surface area contributed by atoms with Gasteiger partial charge in [0.2, 0.25) is 0 Å². The van der Waals surface area contributed by atoms with Crippen LogP contribution in [0, 0.1) is 0 Å². The number of amides is 1. The maximum atomic E-state index is 13.0. The van der Waals surface area contributed by atoms with Gasteiger partial charge in [-0.1, -0.05) is 73.3 Å². The molecule has 0 fully saturated rings. The largest absolute Gasteiger partial charge is 0.490 e. The number of unbranched alkanes of at least 4 members (excludes halogenated alkanes) is 2. The third kappa shape index (κ3) is 6.28. The van der Waals surface area contributed by atoms with Crippen LogP contribution >= 0.6 is 34.5 Å². The van der Waals surface area contributed by atoms with Crippen LogP contribution in [-0.2, 0) is 4.74 Å². The van der Waals surface area contributed by atoms with Gasteiger partial charge in [0.05, 0.1) is 23.3 Å². The molecule has 1 aromatic heterocycles. The first kappa shape index (κ1) is 25.1. The van der Waals surface area contributed by atoms with E-state index in [-0.39, 0.29) is 22.2 Å². The topological polar surface area (TPSA) is 64.6 Å². The van der Waals surface area contributed by atoms with Crippen molar-refractivity contribution in [2.24, 2.45) is 0 Å². The summed E-state index contributed by atoms with van der Waals surface area (Å²) in [5.74, 6) is -0.580. The van der Waals surface area contributed by atoms with Gasteiger partial charge in [-0.15, -0.1) is 11.3 Å². The van der Waals surface area contributed by atoms with Gasteiger partial charge in [-0.3, -0.25) is 4.79 Å². The highest BCUT2D eigenvalue weighted by atomic mass is 35.5. The summed E-state index contributed by atoms with van der Waals surface area (Å²) >= 11 is 13.9. The number of ether oxygens (including phenoxy) is 2. The predicted molar refractivity (Wildman–Crippen MR) is 135 cm³/mol. The van der Waals surface area contributed by atoms with Crippen molar-refractivity contribution in [3.8, 4) is 16.9 Å². The number of carbonyl (C=O) groups excluding carboxylic acids is 2. The molecule has 1 heterocycles. The number of anilines is 1. The third-order valence-corrected chi connectivity index (χ3v) is 6.29. The molecule has 0 aliphatic rings. The molecule has 0 radical (unpaired) electrons. The lowest BCUT2D eigenvalue weighted by Gasteiger charge is -2.12. The first-order valence-electron chi connectivity index (χ1n) is 10.7. The van der Waals surface area contributed by atoms with E-state index in [1.165, 1.54) is 23.5 Å². The standard InChI is InChI=1S/C25H25Cl2NO4S/c1-3-5-9-12-32-22-19(26)13-17(14-20(22)27)23(29)28-24-21(25(30)31-4-2)18(15-33-24)16-10-7-6-8-11-16/h6-8,10-11,13-15H,3-5,9,12H2,1-2H3,(H,28,29). The lowest BCUT2D eigenvalue weighted by molar-refractivity contribution is 0.0529. The number of benzene rings is 2. The van der Waals surface area contributed by atoms with Crippen molar-refractivity contribution in [2.45, 2.75) is 33.1 Å². The lowest BCUT2D eigenvalue weighted by atomic mass is 10.0. The Balaban J connectivity index is 1.85. The van der Waals surface area contributed by atoms with E-state index in [0.717, 1.165) is 24.8 Å². The number of esters is 1. The summed E-state index contributed by atoms with van der Waals surface area (Å²) in [6.07, 6.45) is 3.01. The second kappa shape index (κ2) is 12.1. The SMILES string of the molecule is CCCCCOc1c(Cl)cc(C(=O)Nc2scc(-c3ccccc3)c2C(=O)OCC)cc1Cl. The second-order valence-electron chi connectivity index (χ2n) is 7.22. The van der Waals surface area contributed by atoms with E-state index in [4.69, 9.17) is 32.7 Å². The van der Waals surface area contributed by atoms with Crippen molar-refractivity contribution in [2.75, 3.05) is 18.5 Å². The lowest BCUT2D eigenvalue weighted by Crippen LogP contribution is -2.15. The van der Waals surface area contributed by atoms with Gasteiger partial charge in [0.25, 0.3) is 5.91 Å². The van der Waals surface area contributed by atoms with Gasteiger partial charge in [0.15, 0.2) is 5.75 Å². The molecule has 0 aliphatic heterocycles. The normalized spacial score (nSPS) is 10.7. The number of hydrogen-bond acceptors (Lipinski definition) is 5. The molecule has 174 valence electrons. The van der Waals surface area contributed by atoms with E-state index < -0.39 is 11.9 Å². The summed E-state index contributed by atoms with van der Waals surface area (Å²) in [7, 11) is 0. The monoisotopic (exact) mass is 505 g/mol. The van der Waals surface area contributed by atoms with E-state index in [0.29, 0.717) is 28.5 Å². The van der Waals surface area contributed by atoms with Gasteiger partial charge in [-0.2, -0.15) is 0 Å². The Bertz CT molecular complexity index is 1090. The molecule has 0 bridgehead atoms. The Hall–Kier alpha value is -2.54. The van der Waals surface area contributed by atoms with Crippen molar-refractivity contribution in [3.05, 3.63) is 69.0 Å². The van der Waals surface area contributed by atoms with Crippen LogP contribution in [0.1, 0.15) is 53.8 Å². The Morgan fingerprint density at radius 3 is 2.36 bits per heavy atom. The predicted octanol–water partition coefficient (Wildman–Crippen LogP) is 7.72. The Labute approximate surface area is 207 Å². The molecule has 3 aromatic rings. The first-order chi connectivity index (χ1) is 16.0. The molecule has 0 saturated heterocycles. The minimum absolute atomic E-state index is 0.223. The fraction of sp³-hybridized carbons (Fsp3) is 0.280. The van der Waals surface area contributed by atoms with Crippen LogP contribution in [0.4, 0.5) is 5.00 Å². The van der Waals surface area contributed by atoms with Gasteiger partial charge in [0.1, 0.15) is 10.6 Å². The summed E-state index contributed by atoms with van der Waals surface area (Å²) in [5, 5.41) is 5.54. The number of carbonyl (C=O) groups is 2. The highest BCUT2D eigenvalue weighted by molar-refractivity contribution is 7.15. The molecule has 0 saturated carbocycles. The van der Waals surface area contributed by atoms with Crippen LogP contribution in [0.2, 0.25) is 10.0 Å². The number of nitrogens with one attached hydrogen (secondary N) is 1. The van der Waals surface area contributed by atoms with Gasteiger partial charge >= 0.3 is 5.97 Å². The van der Waals surface area contributed by atoms with E-state index >= 15 is 0 Å². The van der Waals surface area contributed by atoms with Crippen LogP contribution in [0.15, 0.2) is 47.8 Å². The van der Waals surface area contributed by atoms with Crippen LogP contribution in [0.3, 0.4) is 0 Å². The number of rotatable bonds is 10. The van der Waals surface area contributed by atoms with Gasteiger partial charge in [-0.05, 0) is 31.0 Å². The summed E-state index contributed by atoms with van der Waals surface area (Å²) in [4.78, 5) is 25.7. The Morgan fingerprint density at radius 2 is 1.73 bits per heavy atom. The maximum Gasteiger partial charge on any atom is 0.341 e. The molecule has 33 heavy (non-hydrogen) atoms. The number of thiophene rings is 1. The van der Waals surface area contributed by atoms with Crippen molar-refractivity contribution in [1.82, 2.24) is 0 Å². The summed E-state index contributed by atoms with van der Waals surface area (Å²) in [5.41, 5.74) is 2.12. The van der Waals surface area contributed by atoms with E-state index in [9.17, 15) is 9.59 Å². The number of halogens is 2. The molecule has 1 amide bonds.